The average molecular weight is 541 g/mol. The number of ketones is 1. The van der Waals surface area contributed by atoms with Gasteiger partial charge in [-0.15, -0.1) is 0 Å². The van der Waals surface area contributed by atoms with Crippen LogP contribution < -0.4 is 4.74 Å². The number of ether oxygens (including phenoxy) is 1. The number of aromatic nitrogens is 2. The van der Waals surface area contributed by atoms with Crippen molar-refractivity contribution in [1.82, 2.24) is 19.6 Å². The van der Waals surface area contributed by atoms with Crippen molar-refractivity contribution in [3.05, 3.63) is 77.6 Å². The van der Waals surface area contributed by atoms with Crippen LogP contribution in [0.3, 0.4) is 0 Å². The molecule has 0 spiro atoms. The van der Waals surface area contributed by atoms with Gasteiger partial charge in [0.05, 0.1) is 17.9 Å². The number of rotatable bonds is 13. The summed E-state index contributed by atoms with van der Waals surface area (Å²) in [5.74, 6) is 0.537. The fraction of sp³-hybridized carbons (Fsp3) is 0.467. The summed E-state index contributed by atoms with van der Waals surface area (Å²) in [7, 11) is 0. The highest BCUT2D eigenvalue weighted by molar-refractivity contribution is 5.80. The van der Waals surface area contributed by atoms with Crippen molar-refractivity contribution >= 4 is 5.78 Å². The van der Waals surface area contributed by atoms with Gasteiger partial charge in [-0.2, -0.15) is 5.10 Å². The lowest BCUT2D eigenvalue weighted by molar-refractivity contribution is -0.120. The number of aliphatic hydroxyl groups excluding tert-OH is 1. The van der Waals surface area contributed by atoms with E-state index in [2.05, 4.69) is 29.7 Å². The summed E-state index contributed by atoms with van der Waals surface area (Å²) in [5, 5.41) is 15.1. The molecule has 7 nitrogen and oxygen atoms in total. The first kappa shape index (κ1) is 28.9. The molecule has 39 heavy (non-hydrogen) atoms. The Morgan fingerprint density at radius 3 is 2.23 bits per heavy atom. The zero-order chi connectivity index (χ0) is 27.8. The van der Waals surface area contributed by atoms with Crippen molar-refractivity contribution in [3.8, 4) is 11.4 Å². The van der Waals surface area contributed by atoms with E-state index in [1.807, 2.05) is 4.68 Å². The normalized spacial score (nSPS) is 15.5. The quantitative estimate of drug-likeness (QED) is 0.355. The summed E-state index contributed by atoms with van der Waals surface area (Å²) >= 11 is 0. The molecule has 1 saturated heterocycles. The van der Waals surface area contributed by atoms with Gasteiger partial charge in [0.15, 0.2) is 0 Å². The summed E-state index contributed by atoms with van der Waals surface area (Å²) < 4.78 is 33.8. The average Bonchev–Trinajstić information content (AvgIpc) is 3.30. The number of nitrogens with zero attached hydrogens (tertiary/aromatic N) is 4. The minimum Gasteiger partial charge on any atom is -0.491 e. The Hall–Kier alpha value is -3.14. The number of carbonyl (C=O) groups excluding carboxylic acids is 1. The van der Waals surface area contributed by atoms with E-state index >= 15 is 0 Å². The number of halogens is 2. The zero-order valence-electron chi connectivity index (χ0n) is 22.7. The second kappa shape index (κ2) is 13.8. The molecule has 1 aromatic heterocycles. The summed E-state index contributed by atoms with van der Waals surface area (Å²) in [5.41, 5.74) is 2.74. The Morgan fingerprint density at radius 1 is 0.974 bits per heavy atom. The van der Waals surface area contributed by atoms with Crippen LogP contribution in [0.25, 0.3) is 5.69 Å². The van der Waals surface area contributed by atoms with Crippen LogP contribution in [-0.4, -0.2) is 82.4 Å². The fourth-order valence-corrected chi connectivity index (χ4v) is 4.77. The molecule has 1 aliphatic rings. The molecule has 2 heterocycles. The molecule has 9 heteroatoms. The molecule has 2 aromatic carbocycles. The number of benzene rings is 2. The largest absolute Gasteiger partial charge is 0.491 e. The van der Waals surface area contributed by atoms with Crippen molar-refractivity contribution in [3.63, 3.8) is 0 Å². The molecular formula is C30H38F2N4O3. The minimum absolute atomic E-state index is 0.139. The van der Waals surface area contributed by atoms with E-state index in [9.17, 15) is 18.7 Å². The summed E-state index contributed by atoms with van der Waals surface area (Å²) in [6, 6.07) is 14.1. The van der Waals surface area contributed by atoms with E-state index in [0.717, 1.165) is 49.7 Å². The van der Waals surface area contributed by atoms with Gasteiger partial charge in [0.25, 0.3) is 0 Å². The Balaban J connectivity index is 1.19. The van der Waals surface area contributed by atoms with Crippen LogP contribution in [-0.2, 0) is 17.6 Å². The third-order valence-corrected chi connectivity index (χ3v) is 6.77. The number of piperazine rings is 1. The smallest absolute Gasteiger partial charge is 0.147 e. The maximum atomic E-state index is 13.4. The number of aliphatic hydroxyl groups is 1. The van der Waals surface area contributed by atoms with Gasteiger partial charge in [-0.25, -0.2) is 13.5 Å². The third-order valence-electron chi connectivity index (χ3n) is 6.77. The second-order valence-corrected chi connectivity index (χ2v) is 10.6. The molecule has 1 aliphatic heterocycles. The topological polar surface area (TPSA) is 70.8 Å². The van der Waals surface area contributed by atoms with Crippen LogP contribution in [0, 0.1) is 17.6 Å². The van der Waals surface area contributed by atoms with Crippen molar-refractivity contribution in [2.45, 2.75) is 39.2 Å². The van der Waals surface area contributed by atoms with E-state index in [1.165, 1.54) is 24.3 Å². The van der Waals surface area contributed by atoms with E-state index in [-0.39, 0.29) is 24.0 Å². The molecule has 4 rings (SSSR count). The number of β-amino-alcohol motifs (C(OH)–C–C–N with tert-alkyl or cyclic N) is 1. The molecule has 0 saturated carbocycles. The van der Waals surface area contributed by atoms with Gasteiger partial charge in [-0.05, 0) is 73.4 Å². The van der Waals surface area contributed by atoms with Gasteiger partial charge >= 0.3 is 0 Å². The molecule has 3 aromatic rings. The fourth-order valence-electron chi connectivity index (χ4n) is 4.77. The molecule has 1 N–H and O–H groups in total. The molecule has 0 radical (unpaired) electrons. The first-order chi connectivity index (χ1) is 18.7. The SMILES string of the molecule is CC(C)Cc1cc(CCC(=O)CN2CCN(C[C@@H](O)COc3ccc(F)cc3)CC2)nn1-c1ccc(F)cc1. The number of carbonyl (C=O) groups is 1. The van der Waals surface area contributed by atoms with Crippen LogP contribution in [0.4, 0.5) is 8.78 Å². The van der Waals surface area contributed by atoms with Crippen molar-refractivity contribution < 1.29 is 23.4 Å². The van der Waals surface area contributed by atoms with Crippen LogP contribution in [0.5, 0.6) is 5.75 Å². The van der Waals surface area contributed by atoms with Gasteiger partial charge in [0.2, 0.25) is 0 Å². The van der Waals surface area contributed by atoms with Gasteiger partial charge in [0, 0.05) is 44.8 Å². The van der Waals surface area contributed by atoms with E-state index in [4.69, 9.17) is 9.84 Å². The first-order valence-corrected chi connectivity index (χ1v) is 13.6. The lowest BCUT2D eigenvalue weighted by Gasteiger charge is -2.35. The molecule has 1 fully saturated rings. The predicted molar refractivity (Wildman–Crippen MR) is 146 cm³/mol. The Kier molecular flexibility index (Phi) is 10.2. The van der Waals surface area contributed by atoms with Gasteiger partial charge in [-0.1, -0.05) is 13.8 Å². The van der Waals surface area contributed by atoms with Crippen molar-refractivity contribution in [1.29, 1.82) is 0 Å². The summed E-state index contributed by atoms with van der Waals surface area (Å²) in [4.78, 5) is 17.1. The van der Waals surface area contributed by atoms with E-state index in [0.29, 0.717) is 37.6 Å². The molecule has 0 amide bonds. The highest BCUT2D eigenvalue weighted by Gasteiger charge is 2.21. The highest BCUT2D eigenvalue weighted by atomic mass is 19.1. The molecule has 0 bridgehead atoms. The maximum absolute atomic E-state index is 13.4. The Bertz CT molecular complexity index is 1190. The lowest BCUT2D eigenvalue weighted by atomic mass is 10.1. The number of hydrogen-bond donors (Lipinski definition) is 1. The monoisotopic (exact) mass is 540 g/mol. The van der Waals surface area contributed by atoms with Gasteiger partial charge in [0.1, 0.15) is 35.9 Å². The predicted octanol–water partition coefficient (Wildman–Crippen LogP) is 3.91. The van der Waals surface area contributed by atoms with Crippen LogP contribution >= 0.6 is 0 Å². The molecular weight excluding hydrogens is 502 g/mol. The molecule has 0 aliphatic carbocycles. The van der Waals surface area contributed by atoms with E-state index < -0.39 is 6.10 Å². The maximum Gasteiger partial charge on any atom is 0.147 e. The molecule has 210 valence electrons. The zero-order valence-corrected chi connectivity index (χ0v) is 22.7. The minimum atomic E-state index is -0.654. The van der Waals surface area contributed by atoms with Crippen LogP contribution in [0.1, 0.15) is 31.7 Å². The third kappa shape index (κ3) is 8.95. The number of aryl methyl sites for hydroxylation is 1. The van der Waals surface area contributed by atoms with Crippen LogP contribution in [0.15, 0.2) is 54.6 Å². The Morgan fingerprint density at radius 2 is 1.59 bits per heavy atom. The number of hydrogen-bond acceptors (Lipinski definition) is 6. The second-order valence-electron chi connectivity index (χ2n) is 10.6. The standard InChI is InChI=1S/C30H38F2N4O3/c1-22(2)17-27-18-25(33-36(27)26-8-3-23(31)4-9-26)7-10-28(37)19-34-13-15-35(16-14-34)20-29(38)21-39-30-11-5-24(32)6-12-30/h3-6,8-9,11-12,18,22,29,38H,7,10,13-17,19-21H2,1-2H3/t29-/m1/s1. The highest BCUT2D eigenvalue weighted by Crippen LogP contribution is 2.18. The van der Waals surface area contributed by atoms with Gasteiger partial charge in [-0.3, -0.25) is 14.6 Å². The van der Waals surface area contributed by atoms with Gasteiger partial charge < -0.3 is 9.84 Å². The van der Waals surface area contributed by atoms with E-state index in [1.54, 1.807) is 24.3 Å². The van der Waals surface area contributed by atoms with Crippen LogP contribution in [0.2, 0.25) is 0 Å². The molecule has 0 unspecified atom stereocenters. The summed E-state index contributed by atoms with van der Waals surface area (Å²) in [6.07, 6.45) is 1.17. The van der Waals surface area contributed by atoms with Crippen molar-refractivity contribution in [2.24, 2.45) is 5.92 Å². The Labute approximate surface area is 229 Å². The lowest BCUT2D eigenvalue weighted by Crippen LogP contribution is -2.50. The number of Topliss-reactive ketones (excluding diaryl/α,β-unsaturated/α-hetero) is 1. The summed E-state index contributed by atoms with van der Waals surface area (Å²) in [6.45, 7) is 8.37. The first-order valence-electron chi connectivity index (χ1n) is 13.6. The molecule has 1 atom stereocenters. The van der Waals surface area contributed by atoms with Crippen molar-refractivity contribution in [2.75, 3.05) is 45.9 Å².